The van der Waals surface area contributed by atoms with E-state index in [0.717, 1.165) is 12.8 Å². The van der Waals surface area contributed by atoms with Gasteiger partial charge in [-0.15, -0.1) is 0 Å². The second kappa shape index (κ2) is 8.70. The number of carbonyl (C=O) groups excluding carboxylic acids is 1. The quantitative estimate of drug-likeness (QED) is 0.662. The summed E-state index contributed by atoms with van der Waals surface area (Å²) in [5.41, 5.74) is 5.47. The Morgan fingerprint density at radius 3 is 2.50 bits per heavy atom. The molecular weight excluding hydrogens is 224 g/mol. The highest BCUT2D eigenvalue weighted by Gasteiger charge is 2.09. The Kier molecular flexibility index (Phi) is 8.47. The fourth-order valence-corrected chi connectivity index (χ4v) is 1.94. The number of carbonyl (C=O) groups is 1. The summed E-state index contributed by atoms with van der Waals surface area (Å²) < 4.78 is 10.9. The number of nitrogens with two attached hydrogens (primary N) is 1. The van der Waals surface area contributed by atoms with Crippen LogP contribution in [0.2, 0.25) is 0 Å². The molecule has 0 aromatic heterocycles. The van der Waals surface area contributed by atoms with E-state index in [4.69, 9.17) is 5.73 Å². The summed E-state index contributed by atoms with van der Waals surface area (Å²) in [6.45, 7) is 4.60. The molecule has 0 aromatic carbocycles. The van der Waals surface area contributed by atoms with Gasteiger partial charge in [0, 0.05) is 35.3 Å². The van der Waals surface area contributed by atoms with Gasteiger partial charge in [-0.3, -0.25) is 9.00 Å². The number of hydrogen-bond donors (Lipinski definition) is 2. The zero-order chi connectivity index (χ0) is 12.6. The molecule has 0 heterocycles. The molecule has 16 heavy (non-hydrogen) atoms. The summed E-state index contributed by atoms with van der Waals surface area (Å²) in [7, 11) is -0.781. The molecule has 0 aliphatic carbocycles. The fraction of sp³-hybridized carbons (Fsp3) is 0.909. The summed E-state index contributed by atoms with van der Waals surface area (Å²) in [6, 6.07) is 0.101. The molecule has 0 spiro atoms. The normalized spacial score (nSPS) is 16.5. The molecule has 0 aliphatic rings. The lowest BCUT2D eigenvalue weighted by Gasteiger charge is -2.14. The zero-order valence-corrected chi connectivity index (χ0v) is 11.3. The standard InChI is InChI=1S/C11H24N2O2S/c1-9(8-12)4-5-11(14)13-10(2)6-7-16(3)15/h9-10H,4-8,12H2,1-3H3,(H,13,14). The van der Waals surface area contributed by atoms with Crippen LogP contribution in [0, 0.1) is 5.92 Å². The van der Waals surface area contributed by atoms with Crippen molar-refractivity contribution in [2.75, 3.05) is 18.6 Å². The fourth-order valence-electron chi connectivity index (χ4n) is 1.26. The van der Waals surface area contributed by atoms with Crippen LogP contribution in [0.1, 0.15) is 33.1 Å². The summed E-state index contributed by atoms with van der Waals surface area (Å²) in [5, 5.41) is 2.90. The highest BCUT2D eigenvalue weighted by Crippen LogP contribution is 2.03. The van der Waals surface area contributed by atoms with Gasteiger partial charge < -0.3 is 11.1 Å². The largest absolute Gasteiger partial charge is 0.354 e. The van der Waals surface area contributed by atoms with Gasteiger partial charge in [0.2, 0.25) is 5.91 Å². The highest BCUT2D eigenvalue weighted by atomic mass is 32.2. The van der Waals surface area contributed by atoms with Crippen molar-refractivity contribution in [3.63, 3.8) is 0 Å². The van der Waals surface area contributed by atoms with Gasteiger partial charge in [-0.25, -0.2) is 0 Å². The Hall–Kier alpha value is -0.420. The lowest BCUT2D eigenvalue weighted by molar-refractivity contribution is -0.121. The molecular formula is C11H24N2O2S. The summed E-state index contributed by atoms with van der Waals surface area (Å²) in [6.07, 6.45) is 3.80. The molecule has 0 aliphatic heterocycles. The Morgan fingerprint density at radius 2 is 2.00 bits per heavy atom. The molecule has 0 aromatic rings. The third-order valence-electron chi connectivity index (χ3n) is 2.51. The van der Waals surface area contributed by atoms with Crippen molar-refractivity contribution in [2.24, 2.45) is 11.7 Å². The van der Waals surface area contributed by atoms with Crippen molar-refractivity contribution in [3.05, 3.63) is 0 Å². The molecule has 0 saturated carbocycles. The Morgan fingerprint density at radius 1 is 1.38 bits per heavy atom. The molecule has 5 heteroatoms. The van der Waals surface area contributed by atoms with E-state index in [9.17, 15) is 9.00 Å². The molecule has 3 atom stereocenters. The minimum Gasteiger partial charge on any atom is -0.354 e. The summed E-state index contributed by atoms with van der Waals surface area (Å²) in [4.78, 5) is 11.5. The third-order valence-corrected chi connectivity index (χ3v) is 3.32. The van der Waals surface area contributed by atoms with Crippen LogP contribution in [-0.4, -0.2) is 34.7 Å². The molecule has 1 amide bonds. The van der Waals surface area contributed by atoms with Crippen molar-refractivity contribution in [3.8, 4) is 0 Å². The number of hydrogen-bond acceptors (Lipinski definition) is 3. The van der Waals surface area contributed by atoms with E-state index in [0.29, 0.717) is 24.6 Å². The first-order valence-electron chi connectivity index (χ1n) is 5.75. The predicted octanol–water partition coefficient (Wildman–Crippen LogP) is 0.635. The Balaban J connectivity index is 3.65. The van der Waals surface area contributed by atoms with Gasteiger partial charge in [-0.1, -0.05) is 6.92 Å². The van der Waals surface area contributed by atoms with Crippen molar-refractivity contribution < 1.29 is 9.00 Å². The van der Waals surface area contributed by atoms with E-state index < -0.39 is 10.8 Å². The monoisotopic (exact) mass is 248 g/mol. The third kappa shape index (κ3) is 8.85. The number of nitrogens with one attached hydrogen (secondary N) is 1. The van der Waals surface area contributed by atoms with Gasteiger partial charge in [0.1, 0.15) is 0 Å². The van der Waals surface area contributed by atoms with E-state index >= 15 is 0 Å². The maximum Gasteiger partial charge on any atom is 0.220 e. The van der Waals surface area contributed by atoms with Crippen molar-refractivity contribution in [1.82, 2.24) is 5.32 Å². The van der Waals surface area contributed by atoms with Gasteiger partial charge >= 0.3 is 0 Å². The van der Waals surface area contributed by atoms with Gasteiger partial charge in [0.25, 0.3) is 0 Å². The van der Waals surface area contributed by atoms with Crippen LogP contribution in [0.3, 0.4) is 0 Å². The topological polar surface area (TPSA) is 72.2 Å². The van der Waals surface area contributed by atoms with Crippen LogP contribution < -0.4 is 11.1 Å². The second-order valence-corrected chi connectivity index (χ2v) is 5.97. The molecule has 0 fully saturated rings. The molecule has 4 nitrogen and oxygen atoms in total. The van der Waals surface area contributed by atoms with Crippen LogP contribution in [-0.2, 0) is 15.6 Å². The average molecular weight is 248 g/mol. The smallest absolute Gasteiger partial charge is 0.220 e. The second-order valence-electron chi connectivity index (χ2n) is 4.41. The minimum absolute atomic E-state index is 0.0645. The van der Waals surface area contributed by atoms with Crippen LogP contribution >= 0.6 is 0 Å². The van der Waals surface area contributed by atoms with Crippen LogP contribution in [0.5, 0.6) is 0 Å². The first-order chi connectivity index (χ1) is 7.45. The van der Waals surface area contributed by atoms with E-state index in [1.165, 1.54) is 0 Å². The lowest BCUT2D eigenvalue weighted by Crippen LogP contribution is -2.33. The Bertz CT molecular complexity index is 234. The number of rotatable bonds is 8. The predicted molar refractivity (Wildman–Crippen MR) is 68.6 cm³/mol. The van der Waals surface area contributed by atoms with Crippen LogP contribution in [0.4, 0.5) is 0 Å². The van der Waals surface area contributed by atoms with E-state index in [2.05, 4.69) is 5.32 Å². The van der Waals surface area contributed by atoms with Gasteiger partial charge in [-0.2, -0.15) is 0 Å². The SMILES string of the molecule is CC(CN)CCC(=O)NC(C)CCS(C)=O. The van der Waals surface area contributed by atoms with E-state index in [-0.39, 0.29) is 11.9 Å². The van der Waals surface area contributed by atoms with Crippen molar-refractivity contribution >= 4 is 16.7 Å². The molecule has 96 valence electrons. The minimum atomic E-state index is -0.781. The highest BCUT2D eigenvalue weighted by molar-refractivity contribution is 7.84. The zero-order valence-electron chi connectivity index (χ0n) is 10.5. The molecule has 0 bridgehead atoms. The first kappa shape index (κ1) is 15.6. The van der Waals surface area contributed by atoms with Gasteiger partial charge in [0.15, 0.2) is 0 Å². The molecule has 3 N–H and O–H groups in total. The Labute approximate surface area is 101 Å². The van der Waals surface area contributed by atoms with E-state index in [1.807, 2.05) is 13.8 Å². The van der Waals surface area contributed by atoms with Crippen molar-refractivity contribution in [2.45, 2.75) is 39.2 Å². The summed E-state index contributed by atoms with van der Waals surface area (Å²) >= 11 is 0. The molecule has 0 saturated heterocycles. The van der Waals surface area contributed by atoms with Gasteiger partial charge in [-0.05, 0) is 32.2 Å². The van der Waals surface area contributed by atoms with Crippen LogP contribution in [0.25, 0.3) is 0 Å². The first-order valence-corrected chi connectivity index (χ1v) is 7.47. The van der Waals surface area contributed by atoms with Gasteiger partial charge in [0.05, 0.1) is 0 Å². The summed E-state index contributed by atoms with van der Waals surface area (Å²) in [5.74, 6) is 1.10. The lowest BCUT2D eigenvalue weighted by atomic mass is 10.1. The number of amides is 1. The average Bonchev–Trinajstić information content (AvgIpc) is 2.23. The molecule has 3 unspecified atom stereocenters. The van der Waals surface area contributed by atoms with Crippen LogP contribution in [0.15, 0.2) is 0 Å². The molecule has 0 radical (unpaired) electrons. The maximum absolute atomic E-state index is 11.5. The van der Waals surface area contributed by atoms with Crippen molar-refractivity contribution in [1.29, 1.82) is 0 Å². The molecule has 0 rings (SSSR count). The van der Waals surface area contributed by atoms with E-state index in [1.54, 1.807) is 6.26 Å². The maximum atomic E-state index is 11.5.